The van der Waals surface area contributed by atoms with Gasteiger partial charge in [0.2, 0.25) is 0 Å². The zero-order chi connectivity index (χ0) is 20.8. The molecule has 1 heterocycles. The third-order valence-corrected chi connectivity index (χ3v) is 5.30. The monoisotopic (exact) mass is 405 g/mol. The zero-order valence-electron chi connectivity index (χ0n) is 16.0. The summed E-state index contributed by atoms with van der Waals surface area (Å²) in [7, 11) is 1.79. The van der Waals surface area contributed by atoms with Crippen molar-refractivity contribution in [3.8, 4) is 6.07 Å². The number of amides is 1. The van der Waals surface area contributed by atoms with Crippen LogP contribution in [-0.4, -0.2) is 32.2 Å². The van der Waals surface area contributed by atoms with Crippen LogP contribution in [0, 0.1) is 18.3 Å². The third kappa shape index (κ3) is 5.09. The normalized spacial score (nSPS) is 10.4. The summed E-state index contributed by atoms with van der Waals surface area (Å²) >= 11 is 1.28. The van der Waals surface area contributed by atoms with E-state index in [1.54, 1.807) is 41.9 Å². The molecule has 0 aliphatic heterocycles. The molecule has 0 aliphatic rings. The Morgan fingerprint density at radius 1 is 1.14 bits per heavy atom. The van der Waals surface area contributed by atoms with Crippen molar-refractivity contribution in [1.82, 2.24) is 20.1 Å². The van der Waals surface area contributed by atoms with Crippen LogP contribution in [0.4, 0.5) is 0 Å². The lowest BCUT2D eigenvalue weighted by atomic mass is 10.1. The van der Waals surface area contributed by atoms with Crippen molar-refractivity contribution in [2.24, 2.45) is 7.05 Å². The zero-order valence-corrected chi connectivity index (χ0v) is 16.9. The summed E-state index contributed by atoms with van der Waals surface area (Å²) in [6.07, 6.45) is 0. The highest BCUT2D eigenvalue weighted by atomic mass is 32.2. The average Bonchev–Trinajstić information content (AvgIpc) is 3.09. The lowest BCUT2D eigenvalue weighted by molar-refractivity contribution is 0.0948. The Labute approximate surface area is 172 Å². The average molecular weight is 405 g/mol. The summed E-state index contributed by atoms with van der Waals surface area (Å²) in [6, 6.07) is 15.9. The van der Waals surface area contributed by atoms with Gasteiger partial charge in [-0.3, -0.25) is 9.59 Å². The fourth-order valence-corrected chi connectivity index (χ4v) is 3.44. The molecule has 3 rings (SSSR count). The number of Topliss-reactive ketones (excluding diaryl/α,β-unsaturated/α-hetero) is 1. The molecule has 8 heteroatoms. The highest BCUT2D eigenvalue weighted by Crippen LogP contribution is 2.18. The Morgan fingerprint density at radius 2 is 1.90 bits per heavy atom. The van der Waals surface area contributed by atoms with Crippen LogP contribution in [0.1, 0.15) is 37.7 Å². The first-order valence-corrected chi connectivity index (χ1v) is 9.86. The molecular weight excluding hydrogens is 386 g/mol. The molecule has 0 bridgehead atoms. The van der Waals surface area contributed by atoms with Gasteiger partial charge < -0.3 is 9.88 Å². The fraction of sp³-hybridized carbons (Fsp3) is 0.190. The van der Waals surface area contributed by atoms with Crippen molar-refractivity contribution >= 4 is 23.5 Å². The molecule has 1 amide bonds. The van der Waals surface area contributed by atoms with Crippen LogP contribution in [0.15, 0.2) is 53.7 Å². The van der Waals surface area contributed by atoms with Crippen molar-refractivity contribution in [3.63, 3.8) is 0 Å². The Balaban J connectivity index is 1.56. The lowest BCUT2D eigenvalue weighted by Gasteiger charge is -2.06. The van der Waals surface area contributed by atoms with Gasteiger partial charge in [0.25, 0.3) is 5.91 Å². The van der Waals surface area contributed by atoms with Gasteiger partial charge in [-0.05, 0) is 31.2 Å². The number of nitrogens with one attached hydrogen (secondary N) is 1. The number of hydrogen-bond donors (Lipinski definition) is 1. The molecule has 0 fully saturated rings. The maximum absolute atomic E-state index is 12.3. The van der Waals surface area contributed by atoms with E-state index in [2.05, 4.69) is 15.5 Å². The fourth-order valence-electron chi connectivity index (χ4n) is 2.62. The molecule has 1 aromatic heterocycles. The van der Waals surface area contributed by atoms with Gasteiger partial charge >= 0.3 is 0 Å². The second-order valence-corrected chi connectivity index (χ2v) is 7.35. The predicted molar refractivity (Wildman–Crippen MR) is 110 cm³/mol. The highest BCUT2D eigenvalue weighted by Gasteiger charge is 2.14. The maximum atomic E-state index is 12.3. The van der Waals surface area contributed by atoms with E-state index < -0.39 is 0 Å². The Morgan fingerprint density at radius 3 is 2.59 bits per heavy atom. The number of carbonyl (C=O) groups excluding carboxylic acids is 2. The molecular formula is C21H19N5O2S. The SMILES string of the molecule is Cc1cccc(C(=O)NCc2nnc(SCC(=O)c3ccc(C#N)cc3)n2C)c1. The van der Waals surface area contributed by atoms with E-state index in [9.17, 15) is 9.59 Å². The largest absolute Gasteiger partial charge is 0.345 e. The third-order valence-electron chi connectivity index (χ3n) is 4.28. The molecule has 0 saturated heterocycles. The van der Waals surface area contributed by atoms with Gasteiger partial charge in [-0.25, -0.2) is 0 Å². The van der Waals surface area contributed by atoms with Crippen LogP contribution in [0.3, 0.4) is 0 Å². The molecule has 2 aromatic carbocycles. The number of hydrogen-bond acceptors (Lipinski definition) is 6. The minimum atomic E-state index is -0.179. The quantitative estimate of drug-likeness (QED) is 0.479. The lowest BCUT2D eigenvalue weighted by Crippen LogP contribution is -2.24. The van der Waals surface area contributed by atoms with Crippen LogP contribution in [0.5, 0.6) is 0 Å². The highest BCUT2D eigenvalue weighted by molar-refractivity contribution is 7.99. The first kappa shape index (κ1) is 20.3. The van der Waals surface area contributed by atoms with Gasteiger partial charge in [0.1, 0.15) is 0 Å². The molecule has 0 atom stereocenters. The Kier molecular flexibility index (Phi) is 6.42. The molecule has 29 heavy (non-hydrogen) atoms. The van der Waals surface area contributed by atoms with Gasteiger partial charge in [0, 0.05) is 18.2 Å². The molecule has 0 radical (unpaired) electrons. The number of aromatic nitrogens is 3. The van der Waals surface area contributed by atoms with E-state index in [1.807, 2.05) is 31.2 Å². The summed E-state index contributed by atoms with van der Waals surface area (Å²) in [5, 5.41) is 20.5. The van der Waals surface area contributed by atoms with Crippen molar-refractivity contribution < 1.29 is 9.59 Å². The molecule has 3 aromatic rings. The van der Waals surface area contributed by atoms with E-state index in [-0.39, 0.29) is 24.0 Å². The van der Waals surface area contributed by atoms with Crippen LogP contribution in [-0.2, 0) is 13.6 Å². The van der Waals surface area contributed by atoms with Gasteiger partial charge in [0.05, 0.1) is 23.9 Å². The topological polar surface area (TPSA) is 101 Å². The van der Waals surface area contributed by atoms with E-state index >= 15 is 0 Å². The standard InChI is InChI=1S/C21H19N5O2S/c1-14-4-3-5-17(10-14)20(28)23-12-19-24-25-21(26(19)2)29-13-18(27)16-8-6-15(11-22)7-9-16/h3-10H,12-13H2,1-2H3,(H,23,28). The molecule has 1 N–H and O–H groups in total. The smallest absolute Gasteiger partial charge is 0.251 e. The number of thioether (sulfide) groups is 1. The van der Waals surface area contributed by atoms with E-state index in [0.717, 1.165) is 5.56 Å². The summed E-state index contributed by atoms with van der Waals surface area (Å²) in [5.41, 5.74) is 2.67. The molecule has 7 nitrogen and oxygen atoms in total. The summed E-state index contributed by atoms with van der Waals surface area (Å²) in [4.78, 5) is 24.6. The van der Waals surface area contributed by atoms with Crippen molar-refractivity contribution in [2.75, 3.05) is 5.75 Å². The Hall–Kier alpha value is -3.44. The summed E-state index contributed by atoms with van der Waals surface area (Å²) in [5.74, 6) is 0.561. The first-order chi connectivity index (χ1) is 14.0. The molecule has 0 spiro atoms. The summed E-state index contributed by atoms with van der Waals surface area (Å²) in [6.45, 7) is 2.17. The van der Waals surface area contributed by atoms with E-state index in [1.165, 1.54) is 11.8 Å². The van der Waals surface area contributed by atoms with Crippen molar-refractivity contribution in [3.05, 3.63) is 76.6 Å². The molecule has 0 unspecified atom stereocenters. The second-order valence-electron chi connectivity index (χ2n) is 6.41. The van der Waals surface area contributed by atoms with Crippen molar-refractivity contribution in [2.45, 2.75) is 18.6 Å². The maximum Gasteiger partial charge on any atom is 0.251 e. The van der Waals surface area contributed by atoms with Gasteiger partial charge in [-0.1, -0.05) is 41.6 Å². The van der Waals surface area contributed by atoms with Crippen LogP contribution in [0.2, 0.25) is 0 Å². The number of benzene rings is 2. The van der Waals surface area contributed by atoms with Crippen LogP contribution >= 0.6 is 11.8 Å². The number of carbonyl (C=O) groups is 2. The van der Waals surface area contributed by atoms with Gasteiger partial charge in [0.15, 0.2) is 16.8 Å². The number of nitriles is 1. The van der Waals surface area contributed by atoms with Crippen LogP contribution < -0.4 is 5.32 Å². The van der Waals surface area contributed by atoms with E-state index in [0.29, 0.717) is 27.7 Å². The Bertz CT molecular complexity index is 1080. The van der Waals surface area contributed by atoms with Gasteiger partial charge in [-0.2, -0.15) is 5.26 Å². The molecule has 146 valence electrons. The number of aryl methyl sites for hydroxylation is 1. The second kappa shape index (κ2) is 9.17. The van der Waals surface area contributed by atoms with E-state index in [4.69, 9.17) is 5.26 Å². The minimum Gasteiger partial charge on any atom is -0.345 e. The minimum absolute atomic E-state index is 0.0585. The molecule has 0 aliphatic carbocycles. The van der Waals surface area contributed by atoms with Gasteiger partial charge in [-0.15, -0.1) is 10.2 Å². The number of ketones is 1. The number of rotatable bonds is 7. The number of nitrogens with zero attached hydrogens (tertiary/aromatic N) is 4. The van der Waals surface area contributed by atoms with Crippen molar-refractivity contribution in [1.29, 1.82) is 5.26 Å². The predicted octanol–water partition coefficient (Wildman–Crippen LogP) is 2.90. The van der Waals surface area contributed by atoms with Crippen LogP contribution in [0.25, 0.3) is 0 Å². The molecule has 0 saturated carbocycles. The first-order valence-electron chi connectivity index (χ1n) is 8.87. The summed E-state index contributed by atoms with van der Waals surface area (Å²) < 4.78 is 1.76.